The average molecular weight is 411 g/mol. The Morgan fingerprint density at radius 1 is 1.43 bits per heavy atom. The minimum absolute atomic E-state index is 0.227. The van der Waals surface area contributed by atoms with Crippen molar-refractivity contribution in [2.24, 2.45) is 5.92 Å². The summed E-state index contributed by atoms with van der Waals surface area (Å²) in [6.07, 6.45) is 5.52. The maximum absolute atomic E-state index is 12.6. The van der Waals surface area contributed by atoms with E-state index in [1.165, 1.54) is 0 Å². The molecular formula is C23H30N4O3. The Morgan fingerprint density at radius 2 is 2.27 bits per heavy atom. The van der Waals surface area contributed by atoms with Gasteiger partial charge in [-0.2, -0.15) is 5.26 Å². The minimum Gasteiger partial charge on any atom is -0.441 e. The van der Waals surface area contributed by atoms with Gasteiger partial charge in [0.1, 0.15) is 5.60 Å². The molecule has 1 aliphatic heterocycles. The van der Waals surface area contributed by atoms with Gasteiger partial charge in [-0.05, 0) is 70.6 Å². The lowest BCUT2D eigenvalue weighted by Gasteiger charge is -2.36. The highest BCUT2D eigenvalue weighted by Crippen LogP contribution is 2.41. The van der Waals surface area contributed by atoms with Crippen molar-refractivity contribution in [2.75, 3.05) is 19.7 Å². The molecule has 2 heterocycles. The van der Waals surface area contributed by atoms with Crippen molar-refractivity contribution in [3.63, 3.8) is 0 Å². The Labute approximate surface area is 177 Å². The molecule has 2 aliphatic rings. The molecule has 1 spiro atoms. The number of fused-ring (bicyclic) bond motifs is 1. The van der Waals surface area contributed by atoms with Gasteiger partial charge in [0.25, 0.3) is 0 Å². The van der Waals surface area contributed by atoms with Crippen LogP contribution in [0.25, 0.3) is 11.0 Å². The highest BCUT2D eigenvalue weighted by atomic mass is 16.6. The third-order valence-corrected chi connectivity index (χ3v) is 6.26. The number of nitriles is 1. The van der Waals surface area contributed by atoms with Gasteiger partial charge in [-0.15, -0.1) is 0 Å². The largest absolute Gasteiger partial charge is 0.441 e. The van der Waals surface area contributed by atoms with E-state index in [0.717, 1.165) is 43.3 Å². The lowest BCUT2D eigenvalue weighted by molar-refractivity contribution is -0.0261. The van der Waals surface area contributed by atoms with E-state index < -0.39 is 5.60 Å². The quantitative estimate of drug-likeness (QED) is 0.716. The van der Waals surface area contributed by atoms with Gasteiger partial charge >= 0.3 is 6.09 Å². The van der Waals surface area contributed by atoms with E-state index in [-0.39, 0.29) is 11.7 Å². The SMILES string of the molecule is CCOC(C)(C)CN1CC2(CCCC(Cn3cnc4ccc(C#N)cc43)C2)OC1=O. The van der Waals surface area contributed by atoms with Gasteiger partial charge in [-0.1, -0.05) is 0 Å². The van der Waals surface area contributed by atoms with E-state index in [1.54, 1.807) is 6.07 Å². The molecule has 1 amide bonds. The maximum atomic E-state index is 12.6. The number of aromatic nitrogens is 2. The Kier molecular flexibility index (Phi) is 5.46. The van der Waals surface area contributed by atoms with Crippen molar-refractivity contribution in [3.8, 4) is 6.07 Å². The van der Waals surface area contributed by atoms with Crippen molar-refractivity contribution in [3.05, 3.63) is 30.1 Å². The number of hydrogen-bond donors (Lipinski definition) is 0. The zero-order chi connectivity index (χ0) is 21.4. The first-order chi connectivity index (χ1) is 14.3. The molecule has 7 heteroatoms. The molecule has 2 fully saturated rings. The Bertz CT molecular complexity index is 976. The summed E-state index contributed by atoms with van der Waals surface area (Å²) in [6, 6.07) is 7.79. The minimum atomic E-state index is -0.406. The molecule has 1 aliphatic carbocycles. The summed E-state index contributed by atoms with van der Waals surface area (Å²) in [5.74, 6) is 0.398. The summed E-state index contributed by atoms with van der Waals surface area (Å²) in [7, 11) is 0. The number of imidazole rings is 1. The third kappa shape index (κ3) is 4.15. The summed E-state index contributed by atoms with van der Waals surface area (Å²) >= 11 is 0. The molecule has 0 N–H and O–H groups in total. The van der Waals surface area contributed by atoms with Crippen molar-refractivity contribution < 1.29 is 14.3 Å². The Morgan fingerprint density at radius 3 is 3.03 bits per heavy atom. The highest BCUT2D eigenvalue weighted by molar-refractivity contribution is 5.77. The lowest BCUT2D eigenvalue weighted by Crippen LogP contribution is -2.44. The predicted octanol–water partition coefficient (Wildman–Crippen LogP) is 4.10. The Hall–Kier alpha value is -2.59. The van der Waals surface area contributed by atoms with Gasteiger partial charge < -0.3 is 18.9 Å². The van der Waals surface area contributed by atoms with Gasteiger partial charge in [0.15, 0.2) is 0 Å². The molecule has 30 heavy (non-hydrogen) atoms. The fourth-order valence-corrected chi connectivity index (χ4v) is 5.10. The molecule has 1 aromatic heterocycles. The summed E-state index contributed by atoms with van der Waals surface area (Å²) < 4.78 is 13.9. The zero-order valence-electron chi connectivity index (χ0n) is 18.1. The van der Waals surface area contributed by atoms with Crippen LogP contribution in [0.2, 0.25) is 0 Å². The normalized spacial score (nSPS) is 24.4. The summed E-state index contributed by atoms with van der Waals surface area (Å²) in [5, 5.41) is 9.21. The number of nitrogens with zero attached hydrogens (tertiary/aromatic N) is 4. The second kappa shape index (κ2) is 7.92. The topological polar surface area (TPSA) is 80.4 Å². The van der Waals surface area contributed by atoms with Crippen molar-refractivity contribution >= 4 is 17.1 Å². The number of carbonyl (C=O) groups excluding carboxylic acids is 1. The molecule has 4 rings (SSSR count). The van der Waals surface area contributed by atoms with Crippen LogP contribution in [0, 0.1) is 17.2 Å². The van der Waals surface area contributed by atoms with E-state index >= 15 is 0 Å². The monoisotopic (exact) mass is 410 g/mol. The Balaban J connectivity index is 1.46. The van der Waals surface area contributed by atoms with Crippen LogP contribution in [-0.4, -0.2) is 51.4 Å². The fraction of sp³-hybridized carbons (Fsp3) is 0.609. The van der Waals surface area contributed by atoms with Crippen molar-refractivity contribution in [2.45, 2.75) is 64.2 Å². The first-order valence-corrected chi connectivity index (χ1v) is 10.8. The van der Waals surface area contributed by atoms with Crippen molar-refractivity contribution in [1.29, 1.82) is 5.26 Å². The van der Waals surface area contributed by atoms with E-state index in [0.29, 0.717) is 31.2 Å². The predicted molar refractivity (Wildman–Crippen MR) is 113 cm³/mol. The number of amides is 1. The average Bonchev–Trinajstić information content (AvgIpc) is 3.21. The fourth-order valence-electron chi connectivity index (χ4n) is 5.10. The molecule has 0 radical (unpaired) electrons. The van der Waals surface area contributed by atoms with Crippen molar-refractivity contribution in [1.82, 2.24) is 14.5 Å². The molecule has 1 saturated heterocycles. The van der Waals surface area contributed by atoms with Crippen LogP contribution >= 0.6 is 0 Å². The molecular weight excluding hydrogens is 380 g/mol. The van der Waals surface area contributed by atoms with Crippen LogP contribution in [-0.2, 0) is 16.0 Å². The van der Waals surface area contributed by atoms with E-state index in [1.807, 2.05) is 44.1 Å². The zero-order valence-corrected chi connectivity index (χ0v) is 18.1. The number of carbonyl (C=O) groups is 1. The number of ether oxygens (including phenoxy) is 2. The van der Waals surface area contributed by atoms with Crippen LogP contribution < -0.4 is 0 Å². The van der Waals surface area contributed by atoms with E-state index in [4.69, 9.17) is 9.47 Å². The van der Waals surface area contributed by atoms with Gasteiger partial charge in [-0.3, -0.25) is 0 Å². The van der Waals surface area contributed by atoms with Gasteiger partial charge in [0, 0.05) is 13.2 Å². The van der Waals surface area contributed by atoms with Crippen LogP contribution in [0.1, 0.15) is 52.0 Å². The highest BCUT2D eigenvalue weighted by Gasteiger charge is 2.48. The molecule has 7 nitrogen and oxygen atoms in total. The van der Waals surface area contributed by atoms with Crippen LogP contribution in [0.15, 0.2) is 24.5 Å². The molecule has 1 aromatic carbocycles. The summed E-state index contributed by atoms with van der Waals surface area (Å²) in [4.78, 5) is 18.9. The maximum Gasteiger partial charge on any atom is 0.410 e. The van der Waals surface area contributed by atoms with Gasteiger partial charge in [0.05, 0.1) is 47.7 Å². The molecule has 1 saturated carbocycles. The van der Waals surface area contributed by atoms with Gasteiger partial charge in [0.2, 0.25) is 0 Å². The molecule has 2 aromatic rings. The number of hydrogen-bond acceptors (Lipinski definition) is 5. The third-order valence-electron chi connectivity index (χ3n) is 6.26. The first-order valence-electron chi connectivity index (χ1n) is 10.8. The lowest BCUT2D eigenvalue weighted by atomic mass is 9.78. The number of rotatable bonds is 6. The van der Waals surface area contributed by atoms with E-state index in [2.05, 4.69) is 15.6 Å². The second-order valence-electron chi connectivity index (χ2n) is 9.27. The standard InChI is InChI=1S/C23H30N4O3/c1-4-29-22(2,3)14-27-15-23(30-21(27)28)9-5-6-18(11-23)13-26-16-25-19-8-7-17(12-24)10-20(19)26/h7-8,10,16,18H,4-6,9,11,13-15H2,1-3H3. The van der Waals surface area contributed by atoms with E-state index in [9.17, 15) is 10.1 Å². The molecule has 160 valence electrons. The molecule has 2 unspecified atom stereocenters. The summed E-state index contributed by atoms with van der Waals surface area (Å²) in [6.45, 7) is 8.59. The smallest absolute Gasteiger partial charge is 0.410 e. The summed E-state index contributed by atoms with van der Waals surface area (Å²) in [5.41, 5.74) is 1.73. The first kappa shape index (κ1) is 20.7. The number of benzene rings is 1. The van der Waals surface area contributed by atoms with Crippen LogP contribution in [0.5, 0.6) is 0 Å². The van der Waals surface area contributed by atoms with Gasteiger partial charge in [-0.25, -0.2) is 9.78 Å². The van der Waals surface area contributed by atoms with Crippen LogP contribution in [0.4, 0.5) is 4.79 Å². The molecule has 0 bridgehead atoms. The molecule has 2 atom stereocenters. The van der Waals surface area contributed by atoms with Crippen LogP contribution in [0.3, 0.4) is 0 Å². The second-order valence-corrected chi connectivity index (χ2v) is 9.27.